The number of benzene rings is 2. The maximum absolute atomic E-state index is 9.78. The topological polar surface area (TPSA) is 127 Å². The van der Waals surface area contributed by atoms with Crippen molar-refractivity contribution >= 4 is 35.1 Å². The van der Waals surface area contributed by atoms with Crippen LogP contribution in [0.25, 0.3) is 10.8 Å². The van der Waals surface area contributed by atoms with Crippen LogP contribution in [0, 0.1) is 18.8 Å². The number of hydrogen-bond donors (Lipinski definition) is 5. The largest absolute Gasteiger partial charge is 0.504 e. The van der Waals surface area contributed by atoms with E-state index in [-0.39, 0.29) is 35.7 Å². The Bertz CT molecular complexity index is 803. The monoisotopic (exact) mass is 443 g/mol. The van der Waals surface area contributed by atoms with Crippen molar-refractivity contribution in [3.8, 4) is 11.5 Å². The smallest absolute Gasteiger partial charge is 0.305 e. The summed E-state index contributed by atoms with van der Waals surface area (Å²) in [6.45, 7) is 12.1. The van der Waals surface area contributed by atoms with E-state index >= 15 is 0 Å². The van der Waals surface area contributed by atoms with Gasteiger partial charge in [-0.25, -0.2) is 0 Å². The van der Waals surface area contributed by atoms with Crippen molar-refractivity contribution in [1.29, 1.82) is 0 Å². The third-order valence-electron chi connectivity index (χ3n) is 4.00. The van der Waals surface area contributed by atoms with E-state index < -0.39 is 11.9 Å². The molecule has 0 radical (unpaired) electrons. The van der Waals surface area contributed by atoms with Crippen molar-refractivity contribution in [3.05, 3.63) is 35.4 Å². The number of phenolic OH excluding ortho intramolecular Hbond substituents is 2. The maximum atomic E-state index is 9.78. The zero-order valence-electron chi connectivity index (χ0n) is 18.4. The van der Waals surface area contributed by atoms with Gasteiger partial charge in [0.1, 0.15) is 0 Å². The van der Waals surface area contributed by atoms with Crippen LogP contribution in [0.4, 0.5) is 0 Å². The molecule has 2 rings (SSSR count). The van der Waals surface area contributed by atoms with Crippen LogP contribution in [0.5, 0.6) is 11.5 Å². The van der Waals surface area contributed by atoms with E-state index in [0.717, 1.165) is 35.0 Å². The lowest BCUT2D eigenvalue weighted by atomic mass is 9.98. The Balaban J connectivity index is 0. The molecule has 0 heterocycles. The fraction of sp³-hybridized carbons (Fsp3) is 0.455. The summed E-state index contributed by atoms with van der Waals surface area (Å²) >= 11 is 0. The molecule has 0 fully saturated rings. The van der Waals surface area contributed by atoms with E-state index in [1.165, 1.54) is 0 Å². The first-order valence-electron chi connectivity index (χ1n) is 9.53. The van der Waals surface area contributed by atoms with E-state index in [4.69, 9.17) is 10.2 Å². The summed E-state index contributed by atoms with van der Waals surface area (Å²) < 4.78 is 0. The van der Waals surface area contributed by atoms with Gasteiger partial charge in [0.15, 0.2) is 11.5 Å². The zero-order chi connectivity index (χ0) is 22.7. The normalized spacial score (nSPS) is 9.87. The molecule has 7 nitrogen and oxygen atoms in total. The molecule has 0 atom stereocenters. The van der Waals surface area contributed by atoms with E-state index in [2.05, 4.69) is 12.2 Å². The van der Waals surface area contributed by atoms with Crippen LogP contribution in [0.1, 0.15) is 45.7 Å². The lowest BCUT2D eigenvalue weighted by Gasteiger charge is -2.12. The summed E-state index contributed by atoms with van der Waals surface area (Å²) in [5.74, 6) is -2.03. The standard InChI is InChI=1S/C14H17NO2.2C4H8O2.ClH/c1-3-15-8-11-6-4-5-10-7-12(16)14(17)9(2)13(10)11;2*1-3(2)4(5)6;/h4-7,15-17H,3,8H2,1-2H3;2*3H,1-2H3,(H,5,6);1H. The average Bonchev–Trinajstić information content (AvgIpc) is 2.65. The molecule has 2 aromatic rings. The van der Waals surface area contributed by atoms with Crippen molar-refractivity contribution in [2.24, 2.45) is 11.8 Å². The lowest BCUT2D eigenvalue weighted by molar-refractivity contribution is -0.141. The van der Waals surface area contributed by atoms with Gasteiger partial charge in [0, 0.05) is 12.1 Å². The minimum absolute atomic E-state index is 0. The van der Waals surface area contributed by atoms with E-state index in [9.17, 15) is 19.8 Å². The average molecular weight is 444 g/mol. The number of carbonyl (C=O) groups is 2. The second-order valence-electron chi connectivity index (χ2n) is 7.15. The number of rotatable bonds is 5. The molecule has 0 bridgehead atoms. The van der Waals surface area contributed by atoms with Gasteiger partial charge in [-0.05, 0) is 35.9 Å². The molecule has 30 heavy (non-hydrogen) atoms. The van der Waals surface area contributed by atoms with E-state index in [0.29, 0.717) is 0 Å². The Hall–Kier alpha value is -2.51. The first kappa shape index (κ1) is 29.7. The Labute approximate surface area is 184 Å². The van der Waals surface area contributed by atoms with Crippen LogP contribution in [0.3, 0.4) is 0 Å². The number of halogens is 1. The molecular weight excluding hydrogens is 410 g/mol. The molecule has 0 saturated heterocycles. The number of hydrogen-bond acceptors (Lipinski definition) is 5. The predicted octanol–water partition coefficient (Wildman–Crippen LogP) is 4.54. The first-order valence-corrected chi connectivity index (χ1v) is 9.53. The van der Waals surface area contributed by atoms with Gasteiger partial charge in [0.25, 0.3) is 0 Å². The summed E-state index contributed by atoms with van der Waals surface area (Å²) in [7, 11) is 0. The van der Waals surface area contributed by atoms with Crippen LogP contribution in [-0.4, -0.2) is 38.9 Å². The van der Waals surface area contributed by atoms with Crippen molar-refractivity contribution < 1.29 is 30.0 Å². The molecule has 0 aromatic heterocycles. The predicted molar refractivity (Wildman–Crippen MR) is 122 cm³/mol. The highest BCUT2D eigenvalue weighted by molar-refractivity contribution is 5.92. The zero-order valence-corrected chi connectivity index (χ0v) is 19.2. The number of phenols is 2. The Morgan fingerprint density at radius 1 is 1.00 bits per heavy atom. The van der Waals surface area contributed by atoms with Gasteiger partial charge in [0.05, 0.1) is 11.8 Å². The molecule has 0 unspecified atom stereocenters. The second kappa shape index (κ2) is 14.5. The van der Waals surface area contributed by atoms with Crippen molar-refractivity contribution in [3.63, 3.8) is 0 Å². The molecule has 0 aliphatic heterocycles. The summed E-state index contributed by atoms with van der Waals surface area (Å²) in [4.78, 5) is 19.4. The molecule has 0 spiro atoms. The van der Waals surface area contributed by atoms with Gasteiger partial charge in [-0.3, -0.25) is 9.59 Å². The third kappa shape index (κ3) is 9.80. The number of aryl methyl sites for hydroxylation is 1. The fourth-order valence-electron chi connectivity index (χ4n) is 2.13. The molecule has 8 heteroatoms. The van der Waals surface area contributed by atoms with Crippen LogP contribution >= 0.6 is 12.4 Å². The van der Waals surface area contributed by atoms with Crippen molar-refractivity contribution in [1.82, 2.24) is 5.32 Å². The molecule has 0 saturated carbocycles. The number of aromatic hydroxyl groups is 2. The number of aliphatic carboxylic acids is 2. The highest BCUT2D eigenvalue weighted by Crippen LogP contribution is 2.36. The van der Waals surface area contributed by atoms with Crippen LogP contribution in [0.15, 0.2) is 24.3 Å². The van der Waals surface area contributed by atoms with Crippen LogP contribution < -0.4 is 5.32 Å². The second-order valence-corrected chi connectivity index (χ2v) is 7.15. The van der Waals surface area contributed by atoms with Gasteiger partial charge < -0.3 is 25.7 Å². The van der Waals surface area contributed by atoms with E-state index in [1.807, 2.05) is 25.1 Å². The summed E-state index contributed by atoms with van der Waals surface area (Å²) in [6, 6.07) is 7.55. The Kier molecular flexibility index (Phi) is 14.3. The van der Waals surface area contributed by atoms with Gasteiger partial charge in [-0.1, -0.05) is 52.8 Å². The molecule has 170 valence electrons. The quantitative estimate of drug-likeness (QED) is 0.429. The van der Waals surface area contributed by atoms with Gasteiger partial charge in [-0.2, -0.15) is 0 Å². The van der Waals surface area contributed by atoms with Crippen LogP contribution in [-0.2, 0) is 16.1 Å². The lowest BCUT2D eigenvalue weighted by Crippen LogP contribution is -2.12. The molecular formula is C22H34ClNO6. The highest BCUT2D eigenvalue weighted by atomic mass is 35.5. The number of carboxylic acids is 2. The third-order valence-corrected chi connectivity index (χ3v) is 4.00. The molecule has 0 aliphatic carbocycles. The summed E-state index contributed by atoms with van der Waals surface area (Å²) in [5, 5.41) is 40.6. The molecule has 0 amide bonds. The summed E-state index contributed by atoms with van der Waals surface area (Å²) in [5.41, 5.74) is 1.87. The molecule has 5 N–H and O–H groups in total. The maximum Gasteiger partial charge on any atom is 0.305 e. The minimum Gasteiger partial charge on any atom is -0.504 e. The van der Waals surface area contributed by atoms with Gasteiger partial charge in [0.2, 0.25) is 0 Å². The van der Waals surface area contributed by atoms with Crippen LogP contribution in [0.2, 0.25) is 0 Å². The number of fused-ring (bicyclic) bond motifs is 1. The minimum atomic E-state index is -0.741. The number of carboxylic acid groups (broad SMARTS) is 2. The Morgan fingerprint density at radius 3 is 1.87 bits per heavy atom. The van der Waals surface area contributed by atoms with Crippen molar-refractivity contribution in [2.45, 2.75) is 48.1 Å². The van der Waals surface area contributed by atoms with Gasteiger partial charge in [-0.15, -0.1) is 12.4 Å². The highest BCUT2D eigenvalue weighted by Gasteiger charge is 2.11. The fourth-order valence-corrected chi connectivity index (χ4v) is 2.13. The molecule has 0 aliphatic rings. The number of nitrogens with one attached hydrogen (secondary N) is 1. The van der Waals surface area contributed by atoms with Crippen molar-refractivity contribution in [2.75, 3.05) is 6.54 Å². The SMILES string of the molecule is CC(C)C(=O)O.CC(C)C(=O)O.CCNCc1cccc2cc(O)c(O)c(C)c12.Cl. The van der Waals surface area contributed by atoms with E-state index in [1.54, 1.807) is 33.8 Å². The summed E-state index contributed by atoms with van der Waals surface area (Å²) in [6.07, 6.45) is 0. The first-order chi connectivity index (χ1) is 13.4. The molecule has 2 aromatic carbocycles. The van der Waals surface area contributed by atoms with Gasteiger partial charge >= 0.3 is 11.9 Å². The Morgan fingerprint density at radius 2 is 1.47 bits per heavy atom.